The van der Waals surface area contributed by atoms with Gasteiger partial charge in [0.25, 0.3) is 0 Å². The first kappa shape index (κ1) is 15.6. The molecule has 0 spiro atoms. The average Bonchev–Trinajstić information content (AvgIpc) is 3.11. The standard InChI is InChI=1S/C17H16F3NO2/c1-21(10-11-4-2-5-12(8-11)17(18,19)20)16(22)14-9-13(14)15-6-3-7-23-15/h2-8,13-14H,9-10H2,1H3. The fourth-order valence-electron chi connectivity index (χ4n) is 2.77. The van der Waals surface area contributed by atoms with Gasteiger partial charge in [-0.25, -0.2) is 0 Å². The number of nitrogens with zero attached hydrogens (tertiary/aromatic N) is 1. The number of halogens is 3. The van der Waals surface area contributed by atoms with Crippen molar-refractivity contribution in [3.8, 4) is 0 Å². The molecule has 1 aliphatic carbocycles. The van der Waals surface area contributed by atoms with E-state index < -0.39 is 11.7 Å². The summed E-state index contributed by atoms with van der Waals surface area (Å²) in [6.07, 6.45) is -2.08. The molecule has 0 saturated heterocycles. The van der Waals surface area contributed by atoms with Crippen molar-refractivity contribution in [3.05, 3.63) is 59.5 Å². The molecule has 1 aromatic carbocycles. The first-order valence-corrected chi connectivity index (χ1v) is 7.31. The molecule has 2 aromatic rings. The van der Waals surface area contributed by atoms with Crippen molar-refractivity contribution in [3.63, 3.8) is 0 Å². The Kier molecular flexibility index (Phi) is 3.92. The van der Waals surface area contributed by atoms with Crippen molar-refractivity contribution < 1.29 is 22.4 Å². The van der Waals surface area contributed by atoms with Crippen LogP contribution in [0, 0.1) is 5.92 Å². The Labute approximate surface area is 131 Å². The lowest BCUT2D eigenvalue weighted by atomic mass is 10.1. The molecule has 3 rings (SSSR count). The minimum absolute atomic E-state index is 0.0659. The Morgan fingerprint density at radius 3 is 2.74 bits per heavy atom. The van der Waals surface area contributed by atoms with Gasteiger partial charge in [-0.15, -0.1) is 0 Å². The summed E-state index contributed by atoms with van der Waals surface area (Å²) in [4.78, 5) is 13.8. The van der Waals surface area contributed by atoms with Crippen molar-refractivity contribution in [2.45, 2.75) is 25.1 Å². The first-order chi connectivity index (χ1) is 10.9. The zero-order chi connectivity index (χ0) is 16.6. The summed E-state index contributed by atoms with van der Waals surface area (Å²) in [5.41, 5.74) is -0.235. The van der Waals surface area contributed by atoms with Crippen LogP contribution >= 0.6 is 0 Å². The summed E-state index contributed by atoms with van der Waals surface area (Å²) >= 11 is 0. The van der Waals surface area contributed by atoms with E-state index in [1.54, 1.807) is 25.4 Å². The quantitative estimate of drug-likeness (QED) is 0.850. The summed E-state index contributed by atoms with van der Waals surface area (Å²) in [6, 6.07) is 8.68. The maximum atomic E-state index is 12.7. The van der Waals surface area contributed by atoms with Crippen molar-refractivity contribution >= 4 is 5.91 Å². The smallest absolute Gasteiger partial charge is 0.416 e. The van der Waals surface area contributed by atoms with Crippen LogP contribution in [0.1, 0.15) is 29.2 Å². The van der Waals surface area contributed by atoms with Gasteiger partial charge in [-0.2, -0.15) is 13.2 Å². The maximum Gasteiger partial charge on any atom is 0.416 e. The minimum atomic E-state index is -4.38. The molecular weight excluding hydrogens is 307 g/mol. The summed E-state index contributed by atoms with van der Waals surface area (Å²) in [5, 5.41) is 0. The first-order valence-electron chi connectivity index (χ1n) is 7.31. The SMILES string of the molecule is CN(Cc1cccc(C(F)(F)F)c1)C(=O)C1CC1c1ccco1. The van der Waals surface area contributed by atoms with Gasteiger partial charge in [0.1, 0.15) is 5.76 Å². The molecule has 0 radical (unpaired) electrons. The highest BCUT2D eigenvalue weighted by Gasteiger charge is 2.46. The fraction of sp³-hybridized carbons (Fsp3) is 0.353. The largest absolute Gasteiger partial charge is 0.469 e. The van der Waals surface area contributed by atoms with Gasteiger partial charge in [0.2, 0.25) is 5.91 Å². The van der Waals surface area contributed by atoms with Crippen molar-refractivity contribution in [2.24, 2.45) is 5.92 Å². The van der Waals surface area contributed by atoms with Crippen LogP contribution in [0.5, 0.6) is 0 Å². The van der Waals surface area contributed by atoms with Crippen LogP contribution < -0.4 is 0 Å². The highest BCUT2D eigenvalue weighted by Crippen LogP contribution is 2.48. The van der Waals surface area contributed by atoms with Crippen LogP contribution in [0.3, 0.4) is 0 Å². The Morgan fingerprint density at radius 1 is 1.30 bits per heavy atom. The Hall–Kier alpha value is -2.24. The molecule has 0 aliphatic heterocycles. The number of rotatable bonds is 4. The molecule has 0 N–H and O–H groups in total. The highest BCUT2D eigenvalue weighted by molar-refractivity contribution is 5.82. The second-order valence-electron chi connectivity index (χ2n) is 5.86. The van der Waals surface area contributed by atoms with E-state index in [4.69, 9.17) is 4.42 Å². The van der Waals surface area contributed by atoms with Crippen molar-refractivity contribution in [1.29, 1.82) is 0 Å². The minimum Gasteiger partial charge on any atom is -0.469 e. The second-order valence-corrected chi connectivity index (χ2v) is 5.86. The number of amides is 1. The molecule has 1 aromatic heterocycles. The van der Waals surface area contributed by atoms with Crippen LogP contribution in [0.15, 0.2) is 47.1 Å². The molecule has 1 amide bonds. The molecule has 1 heterocycles. The van der Waals surface area contributed by atoms with Crippen LogP contribution in [0.4, 0.5) is 13.2 Å². The lowest BCUT2D eigenvalue weighted by molar-refractivity contribution is -0.137. The van der Waals surface area contributed by atoms with E-state index in [1.165, 1.54) is 11.0 Å². The predicted octanol–water partition coefficient (Wildman–Crippen LogP) is 4.06. The molecule has 1 fully saturated rings. The highest BCUT2D eigenvalue weighted by atomic mass is 19.4. The van der Waals surface area contributed by atoms with Crippen molar-refractivity contribution in [2.75, 3.05) is 7.05 Å². The molecule has 2 atom stereocenters. The van der Waals surface area contributed by atoms with Gasteiger partial charge < -0.3 is 9.32 Å². The number of furan rings is 1. The van der Waals surface area contributed by atoms with E-state index in [2.05, 4.69) is 0 Å². The number of hydrogen-bond donors (Lipinski definition) is 0. The van der Waals surface area contributed by atoms with Gasteiger partial charge >= 0.3 is 6.18 Å². The van der Waals surface area contributed by atoms with E-state index in [-0.39, 0.29) is 24.3 Å². The maximum absolute atomic E-state index is 12.7. The third-order valence-corrected chi connectivity index (χ3v) is 4.07. The molecule has 122 valence electrons. The van der Waals surface area contributed by atoms with Gasteiger partial charge in [0.05, 0.1) is 11.8 Å². The number of carbonyl (C=O) groups is 1. The van der Waals surface area contributed by atoms with Crippen LogP contribution in [-0.4, -0.2) is 17.9 Å². The zero-order valence-electron chi connectivity index (χ0n) is 12.5. The van der Waals surface area contributed by atoms with Crippen LogP contribution in [-0.2, 0) is 17.5 Å². The van der Waals surface area contributed by atoms with Gasteiger partial charge in [0, 0.05) is 25.4 Å². The van der Waals surface area contributed by atoms with E-state index in [9.17, 15) is 18.0 Å². The fourth-order valence-corrected chi connectivity index (χ4v) is 2.77. The van der Waals surface area contributed by atoms with E-state index >= 15 is 0 Å². The average molecular weight is 323 g/mol. The van der Waals surface area contributed by atoms with Crippen LogP contribution in [0.25, 0.3) is 0 Å². The third kappa shape index (κ3) is 3.41. The third-order valence-electron chi connectivity index (χ3n) is 4.07. The normalized spacial score (nSPS) is 20.3. The molecule has 3 nitrogen and oxygen atoms in total. The van der Waals surface area contributed by atoms with Gasteiger partial charge in [-0.05, 0) is 36.2 Å². The molecule has 2 unspecified atom stereocenters. The number of hydrogen-bond acceptors (Lipinski definition) is 2. The lowest BCUT2D eigenvalue weighted by Gasteiger charge is -2.18. The van der Waals surface area contributed by atoms with Crippen molar-refractivity contribution in [1.82, 2.24) is 4.90 Å². The summed E-state index contributed by atoms with van der Waals surface area (Å²) in [6.45, 7) is 0.157. The molecule has 23 heavy (non-hydrogen) atoms. The Balaban J connectivity index is 1.63. The zero-order valence-corrected chi connectivity index (χ0v) is 12.5. The molecule has 0 bridgehead atoms. The Morgan fingerprint density at radius 2 is 2.09 bits per heavy atom. The summed E-state index contributed by atoms with van der Waals surface area (Å²) in [5.74, 6) is 0.665. The number of carbonyl (C=O) groups excluding carboxylic acids is 1. The summed E-state index contributed by atoms with van der Waals surface area (Å²) < 4.78 is 43.5. The topological polar surface area (TPSA) is 33.5 Å². The van der Waals surface area contributed by atoms with Gasteiger partial charge in [-0.1, -0.05) is 12.1 Å². The molecule has 1 saturated carbocycles. The molecular formula is C17H16F3NO2. The number of benzene rings is 1. The monoisotopic (exact) mass is 323 g/mol. The lowest BCUT2D eigenvalue weighted by Crippen LogP contribution is -2.28. The molecule has 1 aliphatic rings. The number of alkyl halides is 3. The predicted molar refractivity (Wildman–Crippen MR) is 77.5 cm³/mol. The molecule has 6 heteroatoms. The summed E-state index contributed by atoms with van der Waals surface area (Å²) in [7, 11) is 1.61. The van der Waals surface area contributed by atoms with Gasteiger partial charge in [0.15, 0.2) is 0 Å². The van der Waals surface area contributed by atoms with Gasteiger partial charge in [-0.3, -0.25) is 4.79 Å². The van der Waals surface area contributed by atoms with Crippen LogP contribution in [0.2, 0.25) is 0 Å². The Bertz CT molecular complexity index is 694. The van der Waals surface area contributed by atoms with E-state index in [0.29, 0.717) is 5.56 Å². The second kappa shape index (κ2) is 5.76. The van der Waals surface area contributed by atoms with E-state index in [0.717, 1.165) is 24.3 Å². The van der Waals surface area contributed by atoms with E-state index in [1.807, 2.05) is 6.07 Å².